The van der Waals surface area contributed by atoms with Gasteiger partial charge < -0.3 is 30.0 Å². The molecule has 4 unspecified atom stereocenters. The van der Waals surface area contributed by atoms with E-state index in [1.165, 1.54) is 11.1 Å². The quantitative estimate of drug-likeness (QED) is 0.147. The van der Waals surface area contributed by atoms with E-state index >= 15 is 0 Å². The number of urea groups is 1. The Hall–Kier alpha value is -4.54. The van der Waals surface area contributed by atoms with Gasteiger partial charge in [-0.3, -0.25) is 9.69 Å². The lowest BCUT2D eigenvalue weighted by atomic mass is 9.89. The standard InChI is InChI=1S/C38H43N3O6/c1-3-45-35(43)22-39-38(44)40-33-20-18-32(19-21-33)37-46-34(27(2)36(47-37)31-16-14-30(26-42)15-17-31)25-41(23-28-10-6-4-7-11-28)24-29-12-8-5-9-13-29/h4-21,27,34,36-37,42H,3,22-26H2,1-2H3,(H2,39,40,44). The maximum atomic E-state index is 12.3. The number of nitrogens with zero attached hydrogens (tertiary/aromatic N) is 1. The minimum atomic E-state index is -0.652. The Balaban J connectivity index is 1.36. The van der Waals surface area contributed by atoms with Crippen LogP contribution in [0.4, 0.5) is 10.5 Å². The van der Waals surface area contributed by atoms with Crippen LogP contribution < -0.4 is 10.6 Å². The number of anilines is 1. The van der Waals surface area contributed by atoms with Gasteiger partial charge in [0.25, 0.3) is 0 Å². The third-order valence-corrected chi connectivity index (χ3v) is 8.20. The Bertz CT molecular complexity index is 1510. The van der Waals surface area contributed by atoms with Gasteiger partial charge in [0.15, 0.2) is 6.29 Å². The highest BCUT2D eigenvalue weighted by Crippen LogP contribution is 2.42. The van der Waals surface area contributed by atoms with Crippen LogP contribution in [-0.4, -0.2) is 47.8 Å². The van der Waals surface area contributed by atoms with Crippen LogP contribution in [0.5, 0.6) is 0 Å². The average Bonchev–Trinajstić information content (AvgIpc) is 3.10. The number of nitrogens with one attached hydrogen (secondary N) is 2. The molecule has 4 aromatic rings. The summed E-state index contributed by atoms with van der Waals surface area (Å²) in [5, 5.41) is 14.8. The van der Waals surface area contributed by atoms with Gasteiger partial charge in [-0.1, -0.05) is 104 Å². The molecule has 1 fully saturated rings. The first-order valence-corrected chi connectivity index (χ1v) is 16.0. The Morgan fingerprint density at radius 1 is 0.787 bits per heavy atom. The van der Waals surface area contributed by atoms with Crippen molar-refractivity contribution in [3.8, 4) is 0 Å². The number of hydrogen-bond donors (Lipinski definition) is 3. The summed E-state index contributed by atoms with van der Waals surface area (Å²) in [5.41, 5.74) is 5.68. The zero-order chi connectivity index (χ0) is 33.0. The van der Waals surface area contributed by atoms with Crippen molar-refractivity contribution in [1.29, 1.82) is 0 Å². The largest absolute Gasteiger partial charge is 0.465 e. The number of amides is 2. The molecular weight excluding hydrogens is 594 g/mol. The maximum absolute atomic E-state index is 12.3. The van der Waals surface area contributed by atoms with Gasteiger partial charge in [0, 0.05) is 36.8 Å². The van der Waals surface area contributed by atoms with Gasteiger partial charge in [0.2, 0.25) is 0 Å². The lowest BCUT2D eigenvalue weighted by Gasteiger charge is -2.43. The number of rotatable bonds is 13. The molecule has 246 valence electrons. The molecule has 0 aliphatic carbocycles. The number of benzene rings is 4. The Labute approximate surface area is 276 Å². The fourth-order valence-corrected chi connectivity index (χ4v) is 5.71. The number of carbonyl (C=O) groups excluding carboxylic acids is 2. The molecule has 9 nitrogen and oxygen atoms in total. The van der Waals surface area contributed by atoms with Gasteiger partial charge in [-0.2, -0.15) is 0 Å². The molecule has 9 heteroatoms. The highest BCUT2D eigenvalue weighted by atomic mass is 16.7. The molecule has 4 atom stereocenters. The highest BCUT2D eigenvalue weighted by Gasteiger charge is 2.39. The van der Waals surface area contributed by atoms with Gasteiger partial charge >= 0.3 is 12.0 Å². The maximum Gasteiger partial charge on any atom is 0.325 e. The van der Waals surface area contributed by atoms with Crippen LogP contribution in [-0.2, 0) is 38.7 Å². The first kappa shape index (κ1) is 33.8. The Morgan fingerprint density at radius 2 is 1.38 bits per heavy atom. The molecule has 1 aliphatic rings. The monoisotopic (exact) mass is 637 g/mol. The summed E-state index contributed by atoms with van der Waals surface area (Å²) in [5.74, 6) is -0.482. The van der Waals surface area contributed by atoms with Crippen LogP contribution >= 0.6 is 0 Å². The highest BCUT2D eigenvalue weighted by molar-refractivity contribution is 5.91. The SMILES string of the molecule is CCOC(=O)CNC(=O)Nc1ccc(C2OC(CN(Cc3ccccc3)Cc3ccccc3)C(C)C(c3ccc(CO)cc3)O2)cc1. The summed E-state index contributed by atoms with van der Waals surface area (Å²) in [6.45, 7) is 6.10. The van der Waals surface area contributed by atoms with Crippen molar-refractivity contribution in [2.75, 3.05) is 25.0 Å². The second-order valence-corrected chi connectivity index (χ2v) is 11.7. The smallest absolute Gasteiger partial charge is 0.325 e. The zero-order valence-corrected chi connectivity index (χ0v) is 26.9. The number of aliphatic hydroxyl groups excluding tert-OH is 1. The molecule has 1 heterocycles. The minimum absolute atomic E-state index is 0.0179. The molecule has 0 bridgehead atoms. The van der Waals surface area contributed by atoms with E-state index in [9.17, 15) is 14.7 Å². The van der Waals surface area contributed by atoms with Crippen LogP contribution in [0.25, 0.3) is 0 Å². The summed E-state index contributed by atoms with van der Waals surface area (Å²) in [6, 6.07) is 35.6. The van der Waals surface area contributed by atoms with Crippen molar-refractivity contribution in [3.05, 3.63) is 137 Å². The van der Waals surface area contributed by atoms with E-state index in [0.29, 0.717) is 12.2 Å². The molecule has 3 N–H and O–H groups in total. The van der Waals surface area contributed by atoms with Gasteiger partial charge in [-0.05, 0) is 41.3 Å². The predicted octanol–water partition coefficient (Wildman–Crippen LogP) is 6.36. The zero-order valence-electron chi connectivity index (χ0n) is 26.9. The van der Waals surface area contributed by atoms with Crippen molar-refractivity contribution in [3.63, 3.8) is 0 Å². The number of aliphatic hydroxyl groups is 1. The van der Waals surface area contributed by atoms with Crippen molar-refractivity contribution < 1.29 is 28.9 Å². The van der Waals surface area contributed by atoms with Crippen LogP contribution in [0.15, 0.2) is 109 Å². The van der Waals surface area contributed by atoms with E-state index < -0.39 is 18.3 Å². The Kier molecular flexibility index (Phi) is 12.1. The molecule has 1 saturated heterocycles. The van der Waals surface area contributed by atoms with Crippen LogP contribution in [0.2, 0.25) is 0 Å². The summed E-state index contributed by atoms with van der Waals surface area (Å²) in [7, 11) is 0. The minimum Gasteiger partial charge on any atom is -0.465 e. The summed E-state index contributed by atoms with van der Waals surface area (Å²) in [6.07, 6.45) is -1.08. The molecule has 0 spiro atoms. The van der Waals surface area contributed by atoms with Gasteiger partial charge in [-0.25, -0.2) is 4.79 Å². The molecule has 5 rings (SSSR count). The molecular formula is C38H43N3O6. The van der Waals surface area contributed by atoms with E-state index in [2.05, 4.69) is 71.0 Å². The second-order valence-electron chi connectivity index (χ2n) is 11.7. The van der Waals surface area contributed by atoms with Crippen LogP contribution in [0.1, 0.15) is 54.1 Å². The second kappa shape index (κ2) is 16.9. The van der Waals surface area contributed by atoms with Crippen molar-refractivity contribution >= 4 is 17.7 Å². The number of ether oxygens (including phenoxy) is 3. The average molecular weight is 638 g/mol. The summed E-state index contributed by atoms with van der Waals surface area (Å²) >= 11 is 0. The molecule has 0 aromatic heterocycles. The first-order valence-electron chi connectivity index (χ1n) is 16.0. The van der Waals surface area contributed by atoms with Crippen molar-refractivity contribution in [1.82, 2.24) is 10.2 Å². The summed E-state index contributed by atoms with van der Waals surface area (Å²) < 4.78 is 18.2. The van der Waals surface area contributed by atoms with E-state index in [-0.39, 0.29) is 37.9 Å². The Morgan fingerprint density at radius 3 is 1.96 bits per heavy atom. The van der Waals surface area contributed by atoms with E-state index in [4.69, 9.17) is 14.2 Å². The molecule has 0 saturated carbocycles. The van der Waals surface area contributed by atoms with Crippen molar-refractivity contribution in [2.24, 2.45) is 5.92 Å². The van der Waals surface area contributed by atoms with E-state index in [0.717, 1.165) is 29.8 Å². The van der Waals surface area contributed by atoms with Crippen molar-refractivity contribution in [2.45, 2.75) is 52.0 Å². The summed E-state index contributed by atoms with van der Waals surface area (Å²) in [4.78, 5) is 26.3. The lowest BCUT2D eigenvalue weighted by molar-refractivity contribution is -0.276. The molecule has 2 amide bonds. The van der Waals surface area contributed by atoms with Gasteiger partial charge in [-0.15, -0.1) is 0 Å². The first-order chi connectivity index (χ1) is 22.9. The van der Waals surface area contributed by atoms with Gasteiger partial charge in [0.1, 0.15) is 6.54 Å². The fraction of sp³-hybridized carbons (Fsp3) is 0.316. The third-order valence-electron chi connectivity index (χ3n) is 8.20. The molecule has 4 aromatic carbocycles. The van der Waals surface area contributed by atoms with Crippen LogP contribution in [0.3, 0.4) is 0 Å². The van der Waals surface area contributed by atoms with Crippen LogP contribution in [0, 0.1) is 5.92 Å². The topological polar surface area (TPSA) is 109 Å². The molecule has 47 heavy (non-hydrogen) atoms. The number of hydrogen-bond acceptors (Lipinski definition) is 7. The third kappa shape index (κ3) is 9.73. The fourth-order valence-electron chi connectivity index (χ4n) is 5.71. The van der Waals surface area contributed by atoms with E-state index in [1.807, 2.05) is 48.5 Å². The lowest BCUT2D eigenvalue weighted by Crippen LogP contribution is -2.44. The molecule has 0 radical (unpaired) electrons. The van der Waals surface area contributed by atoms with E-state index in [1.54, 1.807) is 19.1 Å². The number of carbonyl (C=O) groups is 2. The molecule has 1 aliphatic heterocycles. The normalized spacial score (nSPS) is 19.2. The number of esters is 1. The predicted molar refractivity (Wildman–Crippen MR) is 180 cm³/mol. The van der Waals surface area contributed by atoms with Gasteiger partial charge in [0.05, 0.1) is 25.4 Å².